The molecule has 0 unspecified atom stereocenters. The predicted octanol–water partition coefficient (Wildman–Crippen LogP) is 9.01. The Labute approximate surface area is 230 Å². The maximum atomic E-state index is 13.4. The molecule has 4 aromatic rings. The minimum Gasteiger partial charge on any atom is -0.507 e. The lowest BCUT2D eigenvalue weighted by molar-refractivity contribution is 0.152. The number of carbonyl (C=O) groups is 1. The second-order valence-electron chi connectivity index (χ2n) is 10.2. The van der Waals surface area contributed by atoms with Crippen molar-refractivity contribution in [2.24, 2.45) is 0 Å². The normalized spacial score (nSPS) is 11.6. The summed E-state index contributed by atoms with van der Waals surface area (Å²) in [6.45, 7) is 11.8. The summed E-state index contributed by atoms with van der Waals surface area (Å²) in [6, 6.07) is 14.6. The number of hydrogen-bond donors (Lipinski definition) is 2. The summed E-state index contributed by atoms with van der Waals surface area (Å²) in [4.78, 5) is 13.4. The topological polar surface area (TPSA) is 76.0 Å². The summed E-state index contributed by atoms with van der Waals surface area (Å²) in [5, 5.41) is 24.5. The van der Waals surface area contributed by atoms with E-state index < -0.39 is 6.16 Å². The quantitative estimate of drug-likeness (QED) is 0.143. The lowest BCUT2D eigenvalue weighted by Gasteiger charge is -2.19. The standard InChI is InChI=1S/C34H36O5/c1-7-21(4)17-19-24-23(6)32(28-14-10-9-13-27(28)31(24)36)38-34(37)39-33-25(18-16-20(2)3)22(5)30(35)26-12-8-11-15-29(26)33/h8-17,35-36H,7,18-19H2,1-6H3/b21-17+. The van der Waals surface area contributed by atoms with Crippen molar-refractivity contribution in [2.45, 2.75) is 60.8 Å². The molecule has 5 heteroatoms. The first-order valence-electron chi connectivity index (χ1n) is 13.3. The zero-order valence-electron chi connectivity index (χ0n) is 23.5. The molecule has 0 amide bonds. The highest BCUT2D eigenvalue weighted by molar-refractivity contribution is 5.99. The van der Waals surface area contributed by atoms with Gasteiger partial charge in [-0.1, -0.05) is 78.8 Å². The Hall–Kier alpha value is -4.25. The summed E-state index contributed by atoms with van der Waals surface area (Å²) < 4.78 is 11.9. The van der Waals surface area contributed by atoms with E-state index in [-0.39, 0.29) is 11.5 Å². The van der Waals surface area contributed by atoms with E-state index in [2.05, 4.69) is 19.9 Å². The van der Waals surface area contributed by atoms with Gasteiger partial charge in [0.15, 0.2) is 0 Å². The number of carbonyl (C=O) groups excluding carboxylic acids is 1. The first-order chi connectivity index (χ1) is 18.6. The number of benzene rings is 4. The van der Waals surface area contributed by atoms with Crippen molar-refractivity contribution in [3.8, 4) is 23.0 Å². The minimum absolute atomic E-state index is 0.170. The molecular weight excluding hydrogens is 488 g/mol. The highest BCUT2D eigenvalue weighted by Crippen LogP contribution is 2.42. The summed E-state index contributed by atoms with van der Waals surface area (Å²) in [6.07, 6.45) is 5.16. The van der Waals surface area contributed by atoms with E-state index in [4.69, 9.17) is 9.47 Å². The molecule has 0 aliphatic rings. The van der Waals surface area contributed by atoms with Crippen molar-refractivity contribution in [1.82, 2.24) is 0 Å². The van der Waals surface area contributed by atoms with Gasteiger partial charge in [0, 0.05) is 32.7 Å². The van der Waals surface area contributed by atoms with Crippen molar-refractivity contribution in [2.75, 3.05) is 0 Å². The van der Waals surface area contributed by atoms with Crippen molar-refractivity contribution < 1.29 is 24.5 Å². The number of phenolic OH excluding ortho intramolecular Hbond substituents is 2. The maximum Gasteiger partial charge on any atom is 0.519 e. The van der Waals surface area contributed by atoms with E-state index in [9.17, 15) is 15.0 Å². The summed E-state index contributed by atoms with van der Waals surface area (Å²) in [7, 11) is 0. The van der Waals surface area contributed by atoms with Crippen LogP contribution in [0.3, 0.4) is 0 Å². The average molecular weight is 525 g/mol. The first kappa shape index (κ1) is 27.8. The number of allylic oxidation sites excluding steroid dienone is 4. The molecule has 0 spiro atoms. The molecular formula is C34H36O5. The number of phenols is 2. The van der Waals surface area contributed by atoms with Crippen LogP contribution in [0.25, 0.3) is 21.5 Å². The first-order valence-corrected chi connectivity index (χ1v) is 13.3. The fourth-order valence-electron chi connectivity index (χ4n) is 4.79. The van der Waals surface area contributed by atoms with Crippen molar-refractivity contribution >= 4 is 27.7 Å². The summed E-state index contributed by atoms with van der Waals surface area (Å²) in [5.41, 5.74) is 5.08. The molecule has 0 radical (unpaired) electrons. The summed E-state index contributed by atoms with van der Waals surface area (Å²) in [5.74, 6) is 1.08. The van der Waals surface area contributed by atoms with Crippen LogP contribution in [0.1, 0.15) is 56.4 Å². The molecule has 4 rings (SSSR count). The van der Waals surface area contributed by atoms with Crippen LogP contribution in [-0.4, -0.2) is 16.4 Å². The molecule has 0 bridgehead atoms. The molecule has 202 valence electrons. The monoisotopic (exact) mass is 524 g/mol. The van der Waals surface area contributed by atoms with Crippen molar-refractivity contribution in [1.29, 1.82) is 0 Å². The van der Waals surface area contributed by atoms with Crippen LogP contribution in [0, 0.1) is 13.8 Å². The molecule has 0 aliphatic heterocycles. The molecule has 0 atom stereocenters. The van der Waals surface area contributed by atoms with Crippen LogP contribution in [0.5, 0.6) is 23.0 Å². The lowest BCUT2D eigenvalue weighted by Crippen LogP contribution is -2.16. The van der Waals surface area contributed by atoms with Gasteiger partial charge >= 0.3 is 6.16 Å². The summed E-state index contributed by atoms with van der Waals surface area (Å²) >= 11 is 0. The Morgan fingerprint density at radius 2 is 1.23 bits per heavy atom. The minimum atomic E-state index is -0.881. The third-order valence-corrected chi connectivity index (χ3v) is 7.31. The molecule has 4 aromatic carbocycles. The van der Waals surface area contributed by atoms with Crippen LogP contribution >= 0.6 is 0 Å². The third kappa shape index (κ3) is 5.63. The van der Waals surface area contributed by atoms with Gasteiger partial charge in [0.05, 0.1) is 0 Å². The van der Waals surface area contributed by atoms with Gasteiger partial charge in [-0.3, -0.25) is 0 Å². The molecule has 0 fully saturated rings. The van der Waals surface area contributed by atoms with Crippen LogP contribution in [0.4, 0.5) is 4.79 Å². The van der Waals surface area contributed by atoms with Crippen LogP contribution < -0.4 is 9.47 Å². The highest BCUT2D eigenvalue weighted by Gasteiger charge is 2.23. The van der Waals surface area contributed by atoms with Gasteiger partial charge in [-0.05, 0) is 65.0 Å². The SMILES string of the molecule is CC/C(C)=C/Cc1c(C)c(OC(=O)Oc2c(CC=C(C)C)c(C)c(O)c3ccccc23)c2ccccc2c1O. The van der Waals surface area contributed by atoms with Crippen LogP contribution in [0.2, 0.25) is 0 Å². The van der Waals surface area contributed by atoms with Gasteiger partial charge in [0.25, 0.3) is 0 Å². The van der Waals surface area contributed by atoms with Gasteiger partial charge in [-0.25, -0.2) is 4.79 Å². The fourth-order valence-corrected chi connectivity index (χ4v) is 4.79. The Balaban J connectivity index is 1.81. The van der Waals surface area contributed by atoms with Crippen molar-refractivity contribution in [3.63, 3.8) is 0 Å². The zero-order valence-corrected chi connectivity index (χ0v) is 23.5. The van der Waals surface area contributed by atoms with Gasteiger partial charge in [0.1, 0.15) is 23.0 Å². The average Bonchev–Trinajstić information content (AvgIpc) is 2.93. The van der Waals surface area contributed by atoms with E-state index in [0.29, 0.717) is 62.6 Å². The van der Waals surface area contributed by atoms with E-state index in [1.807, 2.05) is 76.2 Å². The molecule has 0 saturated carbocycles. The van der Waals surface area contributed by atoms with E-state index in [1.54, 1.807) is 6.07 Å². The smallest absolute Gasteiger partial charge is 0.507 e. The van der Waals surface area contributed by atoms with Crippen LogP contribution in [0.15, 0.2) is 71.8 Å². The Bertz CT molecular complexity index is 1620. The van der Waals surface area contributed by atoms with E-state index >= 15 is 0 Å². The highest BCUT2D eigenvalue weighted by atomic mass is 16.7. The molecule has 0 saturated heterocycles. The Morgan fingerprint density at radius 3 is 1.82 bits per heavy atom. The number of fused-ring (bicyclic) bond motifs is 2. The predicted molar refractivity (Wildman–Crippen MR) is 158 cm³/mol. The van der Waals surface area contributed by atoms with Crippen LogP contribution in [-0.2, 0) is 12.8 Å². The fraction of sp³-hybridized carbons (Fsp3) is 0.265. The van der Waals surface area contributed by atoms with E-state index in [1.165, 1.54) is 5.57 Å². The second kappa shape index (κ2) is 11.6. The number of rotatable bonds is 7. The number of ether oxygens (including phenoxy) is 2. The molecule has 0 aliphatic carbocycles. The Morgan fingerprint density at radius 1 is 0.718 bits per heavy atom. The van der Waals surface area contributed by atoms with E-state index in [0.717, 1.165) is 17.6 Å². The molecule has 5 nitrogen and oxygen atoms in total. The molecule has 0 heterocycles. The second-order valence-corrected chi connectivity index (χ2v) is 10.2. The molecule has 39 heavy (non-hydrogen) atoms. The zero-order chi connectivity index (χ0) is 28.3. The Kier molecular flexibility index (Phi) is 8.29. The molecule has 2 N–H and O–H groups in total. The lowest BCUT2D eigenvalue weighted by atomic mass is 9.95. The molecule has 0 aromatic heterocycles. The van der Waals surface area contributed by atoms with Gasteiger partial charge in [0.2, 0.25) is 0 Å². The third-order valence-electron chi connectivity index (χ3n) is 7.31. The van der Waals surface area contributed by atoms with Gasteiger partial charge in [-0.15, -0.1) is 0 Å². The van der Waals surface area contributed by atoms with Gasteiger partial charge < -0.3 is 19.7 Å². The van der Waals surface area contributed by atoms with Crippen molar-refractivity contribution in [3.05, 3.63) is 94.1 Å². The largest absolute Gasteiger partial charge is 0.519 e. The number of hydrogen-bond acceptors (Lipinski definition) is 5. The van der Waals surface area contributed by atoms with Gasteiger partial charge in [-0.2, -0.15) is 0 Å². The number of aromatic hydroxyl groups is 2. The maximum absolute atomic E-state index is 13.4.